The minimum absolute atomic E-state index is 0.0481. The molecule has 0 radical (unpaired) electrons. The Kier molecular flexibility index (Phi) is 5.30. The number of nitro groups is 1. The van der Waals surface area contributed by atoms with Crippen LogP contribution in [0.2, 0.25) is 0 Å². The van der Waals surface area contributed by atoms with Crippen LogP contribution in [0.4, 0.5) is 11.4 Å². The van der Waals surface area contributed by atoms with Crippen molar-refractivity contribution in [2.45, 2.75) is 26.4 Å². The van der Waals surface area contributed by atoms with Crippen molar-refractivity contribution in [3.63, 3.8) is 0 Å². The second kappa shape index (κ2) is 7.40. The number of nitrogens with zero attached hydrogens (tertiary/aromatic N) is 1. The smallest absolute Gasteiger partial charge is 0.269 e. The zero-order chi connectivity index (χ0) is 16.8. The standard InChI is InChI=1S/C17H18N2O4/c1-3-12(2)23-16-10-6-14(7-11-16)18-17(20)13-4-8-15(9-5-13)19(21)22/h4-12H,3H2,1-2H3,(H,18,20). The highest BCUT2D eigenvalue weighted by atomic mass is 16.6. The van der Waals surface area contributed by atoms with E-state index in [9.17, 15) is 14.9 Å². The highest BCUT2D eigenvalue weighted by Gasteiger charge is 2.10. The molecular formula is C17H18N2O4. The lowest BCUT2D eigenvalue weighted by molar-refractivity contribution is -0.384. The predicted molar refractivity (Wildman–Crippen MR) is 87.9 cm³/mol. The van der Waals surface area contributed by atoms with Crippen LogP contribution in [0.3, 0.4) is 0 Å². The van der Waals surface area contributed by atoms with Gasteiger partial charge in [-0.3, -0.25) is 14.9 Å². The number of non-ortho nitro benzene ring substituents is 1. The summed E-state index contributed by atoms with van der Waals surface area (Å²) in [5.74, 6) is 0.420. The van der Waals surface area contributed by atoms with E-state index in [1.165, 1.54) is 24.3 Å². The molecule has 1 unspecified atom stereocenters. The highest BCUT2D eigenvalue weighted by molar-refractivity contribution is 6.04. The molecule has 23 heavy (non-hydrogen) atoms. The molecule has 1 amide bonds. The third kappa shape index (κ3) is 4.54. The molecule has 2 aromatic rings. The molecule has 2 rings (SSSR count). The Morgan fingerprint density at radius 2 is 1.78 bits per heavy atom. The van der Waals surface area contributed by atoms with Gasteiger partial charge < -0.3 is 10.1 Å². The first-order valence-electron chi connectivity index (χ1n) is 7.32. The average Bonchev–Trinajstić information content (AvgIpc) is 2.56. The first-order valence-corrected chi connectivity index (χ1v) is 7.32. The summed E-state index contributed by atoms with van der Waals surface area (Å²) in [6.07, 6.45) is 1.05. The average molecular weight is 314 g/mol. The fourth-order valence-corrected chi connectivity index (χ4v) is 1.87. The van der Waals surface area contributed by atoms with Crippen molar-refractivity contribution >= 4 is 17.3 Å². The van der Waals surface area contributed by atoms with Gasteiger partial charge in [-0.1, -0.05) is 6.92 Å². The van der Waals surface area contributed by atoms with E-state index in [-0.39, 0.29) is 17.7 Å². The molecule has 120 valence electrons. The summed E-state index contributed by atoms with van der Waals surface area (Å²) in [5, 5.41) is 13.3. The van der Waals surface area contributed by atoms with Crippen molar-refractivity contribution in [3.8, 4) is 5.75 Å². The number of ether oxygens (including phenoxy) is 1. The van der Waals surface area contributed by atoms with Crippen LogP contribution in [0.15, 0.2) is 48.5 Å². The van der Waals surface area contributed by atoms with Crippen LogP contribution in [-0.2, 0) is 0 Å². The summed E-state index contributed by atoms with van der Waals surface area (Å²) in [4.78, 5) is 22.2. The molecule has 0 bridgehead atoms. The summed E-state index contributed by atoms with van der Waals surface area (Å²) in [6, 6.07) is 12.5. The Morgan fingerprint density at radius 1 is 1.17 bits per heavy atom. The Hall–Kier alpha value is -2.89. The SMILES string of the molecule is CCC(C)Oc1ccc(NC(=O)c2ccc([N+](=O)[O-])cc2)cc1. The van der Waals surface area contributed by atoms with Gasteiger partial charge in [-0.25, -0.2) is 0 Å². The van der Waals surface area contributed by atoms with Gasteiger partial charge in [0.1, 0.15) is 5.75 Å². The minimum atomic E-state index is -0.502. The zero-order valence-electron chi connectivity index (χ0n) is 13.0. The van der Waals surface area contributed by atoms with E-state index in [4.69, 9.17) is 4.74 Å². The number of hydrogen-bond donors (Lipinski definition) is 1. The predicted octanol–water partition coefficient (Wildman–Crippen LogP) is 4.02. The maximum atomic E-state index is 12.1. The van der Waals surface area contributed by atoms with Gasteiger partial charge in [-0.15, -0.1) is 0 Å². The molecule has 0 aromatic heterocycles. The number of rotatable bonds is 6. The van der Waals surface area contributed by atoms with Crippen LogP contribution in [0.25, 0.3) is 0 Å². The van der Waals surface area contributed by atoms with Crippen LogP contribution in [-0.4, -0.2) is 16.9 Å². The molecule has 0 aliphatic carbocycles. The molecule has 1 atom stereocenters. The second-order valence-corrected chi connectivity index (χ2v) is 5.12. The van der Waals surface area contributed by atoms with Crippen molar-refractivity contribution < 1.29 is 14.5 Å². The van der Waals surface area contributed by atoms with Crippen LogP contribution in [0.1, 0.15) is 30.6 Å². The molecule has 0 saturated heterocycles. The number of hydrogen-bond acceptors (Lipinski definition) is 4. The molecule has 0 spiro atoms. The van der Waals surface area contributed by atoms with Crippen molar-refractivity contribution in [3.05, 3.63) is 64.2 Å². The van der Waals surface area contributed by atoms with E-state index in [0.717, 1.165) is 12.2 Å². The lowest BCUT2D eigenvalue weighted by Gasteiger charge is -2.13. The maximum Gasteiger partial charge on any atom is 0.269 e. The summed E-state index contributed by atoms with van der Waals surface area (Å²) in [5.41, 5.74) is 0.938. The van der Waals surface area contributed by atoms with E-state index in [1.54, 1.807) is 24.3 Å². The fraction of sp³-hybridized carbons (Fsp3) is 0.235. The van der Waals surface area contributed by atoms with Gasteiger partial charge in [0.2, 0.25) is 0 Å². The first kappa shape index (κ1) is 16.5. The van der Waals surface area contributed by atoms with Crippen LogP contribution in [0, 0.1) is 10.1 Å². The number of benzene rings is 2. The quantitative estimate of drug-likeness (QED) is 0.645. The van der Waals surface area contributed by atoms with Gasteiger partial charge in [-0.2, -0.15) is 0 Å². The Bertz CT molecular complexity index is 681. The first-order chi connectivity index (χ1) is 11.0. The molecule has 2 aromatic carbocycles. The summed E-state index contributed by atoms with van der Waals surface area (Å²) < 4.78 is 5.67. The number of nitrogens with one attached hydrogen (secondary N) is 1. The van der Waals surface area contributed by atoms with Crippen molar-refractivity contribution in [2.24, 2.45) is 0 Å². The van der Waals surface area contributed by atoms with Gasteiger partial charge in [0.05, 0.1) is 11.0 Å². The van der Waals surface area contributed by atoms with E-state index >= 15 is 0 Å². The fourth-order valence-electron chi connectivity index (χ4n) is 1.87. The van der Waals surface area contributed by atoms with E-state index < -0.39 is 4.92 Å². The summed E-state index contributed by atoms with van der Waals surface area (Å²) in [6.45, 7) is 4.04. The van der Waals surface area contributed by atoms with Crippen LogP contribution < -0.4 is 10.1 Å². The molecule has 1 N–H and O–H groups in total. The number of amides is 1. The zero-order valence-corrected chi connectivity index (χ0v) is 13.0. The molecule has 0 aliphatic rings. The lowest BCUT2D eigenvalue weighted by atomic mass is 10.2. The molecule has 6 heteroatoms. The number of nitro benzene ring substituents is 1. The molecule has 0 saturated carbocycles. The second-order valence-electron chi connectivity index (χ2n) is 5.12. The molecule has 0 fully saturated rings. The van der Waals surface area contributed by atoms with Gasteiger partial charge in [-0.05, 0) is 49.7 Å². The Morgan fingerprint density at radius 3 is 2.30 bits per heavy atom. The normalized spacial score (nSPS) is 11.6. The van der Waals surface area contributed by atoms with E-state index in [0.29, 0.717) is 11.3 Å². The topological polar surface area (TPSA) is 81.5 Å². The number of anilines is 1. The van der Waals surface area contributed by atoms with E-state index in [1.807, 2.05) is 13.8 Å². The third-order valence-corrected chi connectivity index (χ3v) is 3.36. The maximum absolute atomic E-state index is 12.1. The number of carbonyl (C=O) groups is 1. The Labute approximate surface area is 134 Å². The molecule has 0 heterocycles. The molecular weight excluding hydrogens is 296 g/mol. The minimum Gasteiger partial charge on any atom is -0.491 e. The van der Waals surface area contributed by atoms with E-state index in [2.05, 4.69) is 5.32 Å². The van der Waals surface area contributed by atoms with Crippen LogP contribution in [0.5, 0.6) is 5.75 Å². The Balaban J connectivity index is 2.01. The van der Waals surface area contributed by atoms with Crippen molar-refractivity contribution in [2.75, 3.05) is 5.32 Å². The molecule has 6 nitrogen and oxygen atoms in total. The summed E-state index contributed by atoms with van der Waals surface area (Å²) >= 11 is 0. The van der Waals surface area contributed by atoms with Gasteiger partial charge >= 0.3 is 0 Å². The lowest BCUT2D eigenvalue weighted by Crippen LogP contribution is -2.12. The summed E-state index contributed by atoms with van der Waals surface area (Å²) in [7, 11) is 0. The van der Waals surface area contributed by atoms with Crippen molar-refractivity contribution in [1.29, 1.82) is 0 Å². The van der Waals surface area contributed by atoms with Crippen LogP contribution >= 0.6 is 0 Å². The molecule has 0 aliphatic heterocycles. The number of carbonyl (C=O) groups excluding carboxylic acids is 1. The van der Waals surface area contributed by atoms with Crippen molar-refractivity contribution in [1.82, 2.24) is 0 Å². The monoisotopic (exact) mass is 314 g/mol. The van der Waals surface area contributed by atoms with Gasteiger partial charge in [0, 0.05) is 23.4 Å². The third-order valence-electron chi connectivity index (χ3n) is 3.36. The van der Waals surface area contributed by atoms with Gasteiger partial charge in [0.15, 0.2) is 0 Å². The largest absolute Gasteiger partial charge is 0.491 e. The van der Waals surface area contributed by atoms with Gasteiger partial charge in [0.25, 0.3) is 11.6 Å². The highest BCUT2D eigenvalue weighted by Crippen LogP contribution is 2.19.